The summed E-state index contributed by atoms with van der Waals surface area (Å²) in [4.78, 5) is 15.5. The highest BCUT2D eigenvalue weighted by molar-refractivity contribution is 7.90. The van der Waals surface area contributed by atoms with Crippen LogP contribution in [0.5, 0.6) is 0 Å². The van der Waals surface area contributed by atoms with Gasteiger partial charge in [-0.2, -0.15) is 0 Å². The molecule has 0 aliphatic heterocycles. The highest BCUT2D eigenvalue weighted by Crippen LogP contribution is 2.26. The first-order valence-corrected chi connectivity index (χ1v) is 9.56. The first-order chi connectivity index (χ1) is 11.4. The van der Waals surface area contributed by atoms with E-state index in [4.69, 9.17) is 4.42 Å². The van der Waals surface area contributed by atoms with Gasteiger partial charge >= 0.3 is 0 Å². The smallest absolute Gasteiger partial charge is 0.221 e. The van der Waals surface area contributed by atoms with Gasteiger partial charge in [0.05, 0.1) is 22.6 Å². The van der Waals surface area contributed by atoms with Crippen molar-refractivity contribution in [3.05, 3.63) is 53.7 Å². The van der Waals surface area contributed by atoms with Crippen molar-refractivity contribution in [2.45, 2.75) is 17.6 Å². The molecule has 124 valence electrons. The van der Waals surface area contributed by atoms with E-state index in [-0.39, 0.29) is 16.6 Å². The first kappa shape index (κ1) is 16.4. The van der Waals surface area contributed by atoms with Crippen LogP contribution in [0.4, 0.5) is 5.69 Å². The van der Waals surface area contributed by atoms with Crippen LogP contribution in [0, 0.1) is 0 Å². The zero-order valence-corrected chi connectivity index (χ0v) is 14.4. The summed E-state index contributed by atoms with van der Waals surface area (Å²) < 4.78 is 30.2. The minimum atomic E-state index is -3.51. The van der Waals surface area contributed by atoms with Gasteiger partial charge in [-0.25, -0.2) is 13.4 Å². The molecule has 3 aromatic rings. The third-order valence-electron chi connectivity index (χ3n) is 3.16. The maximum atomic E-state index is 12.5. The van der Waals surface area contributed by atoms with Gasteiger partial charge in [-0.05, 0) is 36.4 Å². The van der Waals surface area contributed by atoms with Crippen LogP contribution in [0.15, 0.2) is 57.4 Å². The van der Waals surface area contributed by atoms with Crippen molar-refractivity contribution in [2.75, 3.05) is 5.32 Å². The normalized spacial score (nSPS) is 11.4. The Morgan fingerprint density at radius 2 is 2.00 bits per heavy atom. The van der Waals surface area contributed by atoms with Gasteiger partial charge in [0.1, 0.15) is 0 Å². The predicted octanol–water partition coefficient (Wildman–Crippen LogP) is 3.34. The summed E-state index contributed by atoms with van der Waals surface area (Å²) in [5.74, 6) is 0.214. The van der Waals surface area contributed by atoms with Crippen molar-refractivity contribution in [2.24, 2.45) is 0 Å². The molecular formula is C16H14N2O4S2. The van der Waals surface area contributed by atoms with E-state index in [9.17, 15) is 13.2 Å². The molecule has 0 spiro atoms. The molecule has 1 aromatic carbocycles. The van der Waals surface area contributed by atoms with Crippen LogP contribution in [-0.4, -0.2) is 19.3 Å². The minimum absolute atomic E-state index is 0.184. The fourth-order valence-electron chi connectivity index (χ4n) is 2.11. The van der Waals surface area contributed by atoms with E-state index in [1.54, 1.807) is 35.9 Å². The van der Waals surface area contributed by atoms with Crippen molar-refractivity contribution >= 4 is 32.8 Å². The Balaban J connectivity index is 1.77. The van der Waals surface area contributed by atoms with Gasteiger partial charge in [0.2, 0.25) is 5.91 Å². The van der Waals surface area contributed by atoms with E-state index in [1.807, 2.05) is 0 Å². The third-order valence-corrected chi connectivity index (χ3v) is 5.73. The average Bonchev–Trinajstić information content (AvgIpc) is 3.17. The van der Waals surface area contributed by atoms with E-state index in [0.717, 1.165) is 0 Å². The molecule has 1 N–H and O–H groups in total. The summed E-state index contributed by atoms with van der Waals surface area (Å²) in [6.45, 7) is 1.39. The number of aromatic nitrogens is 1. The molecule has 0 radical (unpaired) electrons. The quantitative estimate of drug-likeness (QED) is 0.752. The Hall–Kier alpha value is -2.45. The number of carbonyl (C=O) groups is 1. The van der Waals surface area contributed by atoms with Gasteiger partial charge in [0, 0.05) is 18.0 Å². The Labute approximate surface area is 143 Å². The van der Waals surface area contributed by atoms with Crippen molar-refractivity contribution in [1.29, 1.82) is 0 Å². The molecule has 1 amide bonds. The molecule has 0 bridgehead atoms. The standard InChI is InChI=1S/C16H14N2O4S2/c1-11(19)17-12-4-6-14(7-5-12)24(20,21)10-13-9-23-16(18-13)15-3-2-8-22-15/h2-9H,10H2,1H3,(H,17,19). The molecule has 0 aliphatic rings. The number of furan rings is 1. The van der Waals surface area contributed by atoms with Gasteiger partial charge in [0.15, 0.2) is 20.6 Å². The molecule has 3 rings (SSSR count). The van der Waals surface area contributed by atoms with E-state index < -0.39 is 9.84 Å². The Morgan fingerprint density at radius 3 is 2.62 bits per heavy atom. The highest BCUT2D eigenvalue weighted by Gasteiger charge is 2.18. The minimum Gasteiger partial charge on any atom is -0.462 e. The van der Waals surface area contributed by atoms with Gasteiger partial charge in [-0.15, -0.1) is 11.3 Å². The predicted molar refractivity (Wildman–Crippen MR) is 91.5 cm³/mol. The SMILES string of the molecule is CC(=O)Nc1ccc(S(=O)(=O)Cc2csc(-c3ccco3)n2)cc1. The molecule has 2 heterocycles. The van der Waals surface area contributed by atoms with Gasteiger partial charge in [-0.1, -0.05) is 0 Å². The molecule has 0 fully saturated rings. The molecule has 6 nitrogen and oxygen atoms in total. The molecule has 0 saturated carbocycles. The summed E-state index contributed by atoms with van der Waals surface area (Å²) in [6.07, 6.45) is 1.55. The summed E-state index contributed by atoms with van der Waals surface area (Å²) in [5.41, 5.74) is 1.02. The number of carbonyl (C=O) groups excluding carboxylic acids is 1. The maximum absolute atomic E-state index is 12.5. The van der Waals surface area contributed by atoms with E-state index in [1.165, 1.54) is 30.4 Å². The lowest BCUT2D eigenvalue weighted by molar-refractivity contribution is -0.114. The largest absolute Gasteiger partial charge is 0.462 e. The van der Waals surface area contributed by atoms with Crippen LogP contribution in [-0.2, 0) is 20.4 Å². The van der Waals surface area contributed by atoms with Crippen molar-refractivity contribution < 1.29 is 17.6 Å². The summed E-state index contributed by atoms with van der Waals surface area (Å²) >= 11 is 1.34. The molecule has 0 aliphatic carbocycles. The summed E-state index contributed by atoms with van der Waals surface area (Å²) in [5, 5.41) is 4.95. The van der Waals surface area contributed by atoms with Crippen LogP contribution in [0.3, 0.4) is 0 Å². The van der Waals surface area contributed by atoms with E-state index >= 15 is 0 Å². The summed E-state index contributed by atoms with van der Waals surface area (Å²) in [7, 11) is -3.51. The highest BCUT2D eigenvalue weighted by atomic mass is 32.2. The monoisotopic (exact) mass is 362 g/mol. The second-order valence-corrected chi connectivity index (χ2v) is 7.93. The average molecular weight is 362 g/mol. The molecular weight excluding hydrogens is 348 g/mol. The number of anilines is 1. The van der Waals surface area contributed by atoms with Gasteiger partial charge in [0.25, 0.3) is 0 Å². The first-order valence-electron chi connectivity index (χ1n) is 7.03. The van der Waals surface area contributed by atoms with Crippen molar-refractivity contribution in [1.82, 2.24) is 4.98 Å². The third kappa shape index (κ3) is 3.72. The number of rotatable bonds is 5. The van der Waals surface area contributed by atoms with Crippen LogP contribution < -0.4 is 5.32 Å². The molecule has 0 saturated heterocycles. The maximum Gasteiger partial charge on any atom is 0.221 e. The van der Waals surface area contributed by atoms with E-state index in [0.29, 0.717) is 22.1 Å². The van der Waals surface area contributed by atoms with Crippen molar-refractivity contribution in [3.8, 4) is 10.8 Å². The molecule has 24 heavy (non-hydrogen) atoms. The van der Waals surface area contributed by atoms with Crippen LogP contribution in [0.2, 0.25) is 0 Å². The second kappa shape index (κ2) is 6.58. The lowest BCUT2D eigenvalue weighted by Crippen LogP contribution is -2.07. The number of benzene rings is 1. The van der Waals surface area contributed by atoms with E-state index in [2.05, 4.69) is 10.3 Å². The number of thiazole rings is 1. The van der Waals surface area contributed by atoms with Crippen molar-refractivity contribution in [3.63, 3.8) is 0 Å². The number of nitrogens with zero attached hydrogens (tertiary/aromatic N) is 1. The number of sulfone groups is 1. The second-order valence-electron chi connectivity index (χ2n) is 5.09. The number of hydrogen-bond donors (Lipinski definition) is 1. The Bertz CT molecular complexity index is 942. The van der Waals surface area contributed by atoms with Gasteiger partial charge in [-0.3, -0.25) is 4.79 Å². The zero-order valence-electron chi connectivity index (χ0n) is 12.7. The topological polar surface area (TPSA) is 89.3 Å². The Morgan fingerprint density at radius 1 is 1.25 bits per heavy atom. The number of hydrogen-bond acceptors (Lipinski definition) is 6. The van der Waals surface area contributed by atoms with Crippen LogP contribution in [0.25, 0.3) is 10.8 Å². The van der Waals surface area contributed by atoms with Crippen LogP contribution in [0.1, 0.15) is 12.6 Å². The fraction of sp³-hybridized carbons (Fsp3) is 0.125. The lowest BCUT2D eigenvalue weighted by atomic mass is 10.3. The number of nitrogens with one attached hydrogen (secondary N) is 1. The molecule has 0 atom stereocenters. The van der Waals surface area contributed by atoms with Gasteiger partial charge < -0.3 is 9.73 Å². The number of amides is 1. The fourth-order valence-corrected chi connectivity index (χ4v) is 4.26. The van der Waals surface area contributed by atoms with Crippen LogP contribution >= 0.6 is 11.3 Å². The molecule has 8 heteroatoms. The molecule has 0 unspecified atom stereocenters. The zero-order chi connectivity index (χ0) is 17.2. The lowest BCUT2D eigenvalue weighted by Gasteiger charge is -2.05. The Kier molecular flexibility index (Phi) is 4.50. The molecule has 2 aromatic heterocycles. The summed E-state index contributed by atoms with van der Waals surface area (Å²) in [6, 6.07) is 9.59.